The van der Waals surface area contributed by atoms with Crippen molar-refractivity contribution in [1.29, 1.82) is 0 Å². The van der Waals surface area contributed by atoms with Gasteiger partial charge in [-0.05, 0) is 60.9 Å². The van der Waals surface area contributed by atoms with E-state index in [-0.39, 0.29) is 17.7 Å². The molecule has 2 aromatic rings. The van der Waals surface area contributed by atoms with E-state index in [1.54, 1.807) is 24.3 Å². The third-order valence-corrected chi connectivity index (χ3v) is 6.34. The van der Waals surface area contributed by atoms with Crippen LogP contribution < -0.4 is 0 Å². The molecule has 2 aliphatic rings. The van der Waals surface area contributed by atoms with Crippen molar-refractivity contribution < 1.29 is 13.2 Å². The fourth-order valence-corrected chi connectivity index (χ4v) is 4.93. The maximum absolute atomic E-state index is 13.3. The molecule has 4 nitrogen and oxygen atoms in total. The molecule has 4 rings (SSSR count). The summed E-state index contributed by atoms with van der Waals surface area (Å²) in [6, 6.07) is 16.0. The number of aryl methyl sites for hydroxylation is 1. The lowest BCUT2D eigenvalue weighted by Gasteiger charge is -2.36. The Labute approximate surface area is 161 Å². The maximum atomic E-state index is 13.3. The van der Waals surface area contributed by atoms with Crippen LogP contribution in [-0.4, -0.2) is 31.5 Å². The molecule has 1 fully saturated rings. The molecule has 0 radical (unpaired) electrons. The van der Waals surface area contributed by atoms with Crippen molar-refractivity contribution in [2.75, 3.05) is 6.26 Å². The number of fused-ring (bicyclic) bond motifs is 1. The van der Waals surface area contributed by atoms with Crippen molar-refractivity contribution in [2.24, 2.45) is 0 Å². The number of hydrogen-bond acceptors (Lipinski definition) is 3. The quantitative estimate of drug-likeness (QED) is 0.786. The van der Waals surface area contributed by atoms with Gasteiger partial charge < -0.3 is 4.90 Å². The van der Waals surface area contributed by atoms with E-state index in [9.17, 15) is 13.2 Å². The Bertz CT molecular complexity index is 946. The SMILES string of the molecule is CS(=O)(=O)Cc1ccc(C(=O)N(C2CC2)C2CCCc3ccccc32)cc1. The lowest BCUT2D eigenvalue weighted by atomic mass is 9.86. The van der Waals surface area contributed by atoms with Crippen LogP contribution >= 0.6 is 0 Å². The lowest BCUT2D eigenvalue weighted by Crippen LogP contribution is -2.38. The Morgan fingerprint density at radius 1 is 1.04 bits per heavy atom. The molecule has 0 N–H and O–H groups in total. The number of amides is 1. The highest BCUT2D eigenvalue weighted by Gasteiger charge is 2.39. The minimum absolute atomic E-state index is 0.00378. The maximum Gasteiger partial charge on any atom is 0.254 e. The van der Waals surface area contributed by atoms with Gasteiger partial charge in [0.25, 0.3) is 5.91 Å². The van der Waals surface area contributed by atoms with Gasteiger partial charge in [0.1, 0.15) is 0 Å². The zero-order valence-electron chi connectivity index (χ0n) is 15.6. The molecule has 0 saturated heterocycles. The summed E-state index contributed by atoms with van der Waals surface area (Å²) in [6.45, 7) is 0. The van der Waals surface area contributed by atoms with Crippen molar-refractivity contribution >= 4 is 15.7 Å². The molecule has 0 aliphatic heterocycles. The van der Waals surface area contributed by atoms with Crippen LogP contribution in [-0.2, 0) is 22.0 Å². The Balaban J connectivity index is 1.61. The number of carbonyl (C=O) groups excluding carboxylic acids is 1. The van der Waals surface area contributed by atoms with E-state index in [1.165, 1.54) is 17.4 Å². The zero-order chi connectivity index (χ0) is 19.0. The Morgan fingerprint density at radius 2 is 1.74 bits per heavy atom. The summed E-state index contributed by atoms with van der Waals surface area (Å²) in [5, 5.41) is 0. The third kappa shape index (κ3) is 4.08. The van der Waals surface area contributed by atoms with Crippen LogP contribution in [0.1, 0.15) is 58.8 Å². The molecule has 0 heterocycles. The molecule has 0 bridgehead atoms. The first-order chi connectivity index (χ1) is 12.9. The Hall–Kier alpha value is -2.14. The average Bonchev–Trinajstić information content (AvgIpc) is 3.46. The predicted molar refractivity (Wildman–Crippen MR) is 106 cm³/mol. The molecular formula is C22H25NO3S. The van der Waals surface area contributed by atoms with Crippen LogP contribution in [0, 0.1) is 0 Å². The number of carbonyl (C=O) groups is 1. The molecule has 1 unspecified atom stereocenters. The van der Waals surface area contributed by atoms with Crippen molar-refractivity contribution in [3.63, 3.8) is 0 Å². The van der Waals surface area contributed by atoms with Gasteiger partial charge in [0.15, 0.2) is 9.84 Å². The van der Waals surface area contributed by atoms with Crippen LogP contribution in [0.25, 0.3) is 0 Å². The molecule has 27 heavy (non-hydrogen) atoms. The summed E-state index contributed by atoms with van der Waals surface area (Å²) in [4.78, 5) is 15.4. The van der Waals surface area contributed by atoms with Crippen LogP contribution in [0.3, 0.4) is 0 Å². The summed E-state index contributed by atoms with van der Waals surface area (Å²) in [7, 11) is -3.08. The molecule has 1 saturated carbocycles. The summed E-state index contributed by atoms with van der Waals surface area (Å²) >= 11 is 0. The highest BCUT2D eigenvalue weighted by atomic mass is 32.2. The van der Waals surface area contributed by atoms with Crippen LogP contribution in [0.5, 0.6) is 0 Å². The van der Waals surface area contributed by atoms with Gasteiger partial charge in [-0.1, -0.05) is 36.4 Å². The van der Waals surface area contributed by atoms with E-state index in [0.29, 0.717) is 11.6 Å². The average molecular weight is 384 g/mol. The highest BCUT2D eigenvalue weighted by molar-refractivity contribution is 7.89. The fourth-order valence-electron chi connectivity index (χ4n) is 4.13. The van der Waals surface area contributed by atoms with Gasteiger partial charge in [0.2, 0.25) is 0 Å². The fraction of sp³-hybridized carbons (Fsp3) is 0.409. The smallest absolute Gasteiger partial charge is 0.254 e. The first-order valence-corrected chi connectivity index (χ1v) is 11.7. The lowest BCUT2D eigenvalue weighted by molar-refractivity contribution is 0.0638. The number of nitrogens with zero attached hydrogens (tertiary/aromatic N) is 1. The van der Waals surface area contributed by atoms with Gasteiger partial charge in [-0.15, -0.1) is 0 Å². The monoisotopic (exact) mass is 383 g/mol. The van der Waals surface area contributed by atoms with Gasteiger partial charge in [-0.25, -0.2) is 8.42 Å². The summed E-state index contributed by atoms with van der Waals surface area (Å²) in [5.41, 5.74) is 4.01. The Morgan fingerprint density at radius 3 is 2.41 bits per heavy atom. The molecule has 142 valence electrons. The molecule has 5 heteroatoms. The molecule has 0 spiro atoms. The summed E-state index contributed by atoms with van der Waals surface area (Å²) < 4.78 is 22.9. The second-order valence-corrected chi connectivity index (χ2v) is 9.96. The van der Waals surface area contributed by atoms with Crippen molar-refractivity contribution in [3.05, 3.63) is 70.8 Å². The third-order valence-electron chi connectivity index (χ3n) is 5.48. The predicted octanol–water partition coefficient (Wildman–Crippen LogP) is 3.91. The minimum Gasteiger partial charge on any atom is -0.329 e. The van der Waals surface area contributed by atoms with Gasteiger partial charge in [0.05, 0.1) is 11.8 Å². The number of hydrogen-bond donors (Lipinski definition) is 0. The van der Waals surface area contributed by atoms with Gasteiger partial charge in [0, 0.05) is 17.9 Å². The number of benzene rings is 2. The number of sulfone groups is 1. The molecule has 2 aliphatic carbocycles. The molecule has 1 atom stereocenters. The van der Waals surface area contributed by atoms with Gasteiger partial charge >= 0.3 is 0 Å². The van der Waals surface area contributed by atoms with E-state index in [2.05, 4.69) is 29.2 Å². The van der Waals surface area contributed by atoms with Crippen LogP contribution in [0.2, 0.25) is 0 Å². The van der Waals surface area contributed by atoms with E-state index >= 15 is 0 Å². The topological polar surface area (TPSA) is 54.5 Å². The van der Waals surface area contributed by atoms with E-state index < -0.39 is 9.84 Å². The Kier molecular flexibility index (Phi) is 4.81. The van der Waals surface area contributed by atoms with Crippen molar-refractivity contribution in [3.8, 4) is 0 Å². The normalized spacial score (nSPS) is 19.4. The molecule has 1 amide bonds. The van der Waals surface area contributed by atoms with Crippen LogP contribution in [0.4, 0.5) is 0 Å². The van der Waals surface area contributed by atoms with Crippen LogP contribution in [0.15, 0.2) is 48.5 Å². The minimum atomic E-state index is -3.08. The summed E-state index contributed by atoms with van der Waals surface area (Å²) in [5.74, 6) is 0.0641. The second kappa shape index (κ2) is 7.12. The van der Waals surface area contributed by atoms with E-state index in [0.717, 1.165) is 37.7 Å². The van der Waals surface area contributed by atoms with Gasteiger partial charge in [-0.2, -0.15) is 0 Å². The first-order valence-electron chi connectivity index (χ1n) is 9.59. The van der Waals surface area contributed by atoms with E-state index in [1.807, 2.05) is 0 Å². The zero-order valence-corrected chi connectivity index (χ0v) is 16.4. The van der Waals surface area contributed by atoms with Crippen molar-refractivity contribution in [1.82, 2.24) is 4.90 Å². The van der Waals surface area contributed by atoms with E-state index in [4.69, 9.17) is 0 Å². The molecule has 2 aromatic carbocycles. The molecular weight excluding hydrogens is 358 g/mol. The number of rotatable bonds is 5. The summed E-state index contributed by atoms with van der Waals surface area (Å²) in [6.07, 6.45) is 6.55. The standard InChI is InChI=1S/C22H25NO3S/c1-27(25,26)15-16-9-11-18(12-10-16)22(24)23(19-13-14-19)21-8-4-6-17-5-2-3-7-20(17)21/h2-3,5,7,9-12,19,21H,4,6,8,13-15H2,1H3. The van der Waals surface area contributed by atoms with Crippen molar-refractivity contribution in [2.45, 2.75) is 49.9 Å². The highest BCUT2D eigenvalue weighted by Crippen LogP contribution is 2.41. The second-order valence-electron chi connectivity index (χ2n) is 7.82. The first kappa shape index (κ1) is 18.2. The van der Waals surface area contributed by atoms with Gasteiger partial charge in [-0.3, -0.25) is 4.79 Å². The largest absolute Gasteiger partial charge is 0.329 e. The molecule has 0 aromatic heterocycles.